The van der Waals surface area contributed by atoms with E-state index >= 15 is 0 Å². The number of rotatable bonds is 4. The van der Waals surface area contributed by atoms with Crippen molar-refractivity contribution in [3.63, 3.8) is 0 Å². The lowest BCUT2D eigenvalue weighted by molar-refractivity contribution is 0.0944. The molecule has 21 heavy (non-hydrogen) atoms. The van der Waals surface area contributed by atoms with E-state index in [1.165, 1.54) is 6.33 Å². The largest absolute Gasteiger partial charge is 0.395 e. The Balaban J connectivity index is 1.93. The molecule has 0 radical (unpaired) electrons. The Morgan fingerprint density at radius 3 is 3.14 bits per heavy atom. The number of H-pyrrole nitrogens is 1. The fraction of sp³-hybridized carbons (Fsp3) is 0.357. The van der Waals surface area contributed by atoms with E-state index in [-0.39, 0.29) is 25.0 Å². The summed E-state index contributed by atoms with van der Waals surface area (Å²) >= 11 is 0. The topological polar surface area (TPSA) is 94.1 Å². The number of aromatic nitrogens is 3. The molecule has 110 valence electrons. The summed E-state index contributed by atoms with van der Waals surface area (Å²) in [7, 11) is 2.01. The number of nitrogens with zero attached hydrogens (tertiary/aromatic N) is 3. The lowest BCUT2D eigenvalue weighted by Gasteiger charge is -2.11. The maximum absolute atomic E-state index is 12.0. The zero-order valence-electron chi connectivity index (χ0n) is 11.7. The number of aliphatic hydroxyl groups excluding tert-OH is 1. The summed E-state index contributed by atoms with van der Waals surface area (Å²) in [6, 6.07) is 5.63. The molecule has 0 aliphatic carbocycles. The Morgan fingerprint density at radius 1 is 1.57 bits per heavy atom. The Morgan fingerprint density at radius 2 is 2.43 bits per heavy atom. The van der Waals surface area contributed by atoms with Crippen LogP contribution >= 0.6 is 0 Å². The number of aliphatic hydroxyl groups is 1. The van der Waals surface area contributed by atoms with E-state index in [2.05, 4.69) is 25.4 Å². The van der Waals surface area contributed by atoms with Crippen molar-refractivity contribution in [3.8, 4) is 0 Å². The standard InChI is InChI=1S/C14H17N5O2/c1-19-7-11(13-16-8-17-18-13)10-6-9(2-3-12(10)19)14(21)15-4-5-20/h2-3,6,8,11,20H,4-5,7H2,1H3,(H,15,21)(H,16,17,18)/t11-/m1/s1. The summed E-state index contributed by atoms with van der Waals surface area (Å²) < 4.78 is 0. The van der Waals surface area contributed by atoms with E-state index in [9.17, 15) is 4.79 Å². The smallest absolute Gasteiger partial charge is 0.251 e. The fourth-order valence-corrected chi connectivity index (χ4v) is 2.68. The minimum atomic E-state index is -0.183. The molecule has 3 rings (SSSR count). The van der Waals surface area contributed by atoms with Gasteiger partial charge in [-0.25, -0.2) is 4.98 Å². The molecule has 1 atom stereocenters. The van der Waals surface area contributed by atoms with Crippen molar-refractivity contribution >= 4 is 11.6 Å². The minimum absolute atomic E-state index is 0.0693. The van der Waals surface area contributed by atoms with Gasteiger partial charge in [0.05, 0.1) is 12.5 Å². The van der Waals surface area contributed by atoms with Crippen LogP contribution in [-0.4, -0.2) is 52.9 Å². The number of aromatic amines is 1. The van der Waals surface area contributed by atoms with Gasteiger partial charge in [-0.1, -0.05) is 0 Å². The van der Waals surface area contributed by atoms with Crippen molar-refractivity contribution in [1.82, 2.24) is 20.5 Å². The molecule has 7 nitrogen and oxygen atoms in total. The van der Waals surface area contributed by atoms with Gasteiger partial charge in [-0.15, -0.1) is 0 Å². The first-order chi connectivity index (χ1) is 10.2. The van der Waals surface area contributed by atoms with E-state index in [0.717, 1.165) is 23.6 Å². The van der Waals surface area contributed by atoms with Crippen molar-refractivity contribution in [1.29, 1.82) is 0 Å². The number of benzene rings is 1. The predicted octanol–water partition coefficient (Wildman–Crippen LogP) is 0.109. The lowest BCUT2D eigenvalue weighted by Crippen LogP contribution is -2.26. The predicted molar refractivity (Wildman–Crippen MR) is 77.4 cm³/mol. The van der Waals surface area contributed by atoms with Crippen molar-refractivity contribution < 1.29 is 9.90 Å². The highest BCUT2D eigenvalue weighted by Crippen LogP contribution is 2.38. The molecule has 0 saturated heterocycles. The highest BCUT2D eigenvalue weighted by Gasteiger charge is 2.30. The van der Waals surface area contributed by atoms with Crippen LogP contribution < -0.4 is 10.2 Å². The zero-order chi connectivity index (χ0) is 14.8. The summed E-state index contributed by atoms with van der Waals surface area (Å²) in [5.41, 5.74) is 2.74. The number of hydrogen-bond donors (Lipinski definition) is 3. The molecular weight excluding hydrogens is 270 g/mol. The second-order valence-corrected chi connectivity index (χ2v) is 5.06. The molecule has 2 aromatic rings. The van der Waals surface area contributed by atoms with Gasteiger partial charge >= 0.3 is 0 Å². The fourth-order valence-electron chi connectivity index (χ4n) is 2.68. The quantitative estimate of drug-likeness (QED) is 0.742. The van der Waals surface area contributed by atoms with Crippen LogP contribution in [0.5, 0.6) is 0 Å². The molecule has 0 unspecified atom stereocenters. The summed E-state index contributed by atoms with van der Waals surface area (Å²) in [5.74, 6) is 0.698. The average Bonchev–Trinajstić information content (AvgIpc) is 3.12. The maximum atomic E-state index is 12.0. The molecule has 1 aromatic heterocycles. The first-order valence-electron chi connectivity index (χ1n) is 6.80. The van der Waals surface area contributed by atoms with E-state index in [0.29, 0.717) is 5.56 Å². The highest BCUT2D eigenvalue weighted by molar-refractivity contribution is 5.95. The second kappa shape index (κ2) is 5.53. The van der Waals surface area contributed by atoms with Gasteiger partial charge in [0.1, 0.15) is 12.2 Å². The summed E-state index contributed by atoms with van der Waals surface area (Å²) in [6.07, 6.45) is 1.49. The van der Waals surface area contributed by atoms with Crippen LogP contribution in [0.3, 0.4) is 0 Å². The summed E-state index contributed by atoms with van der Waals surface area (Å²) in [4.78, 5) is 18.4. The molecule has 0 fully saturated rings. The normalized spacial score (nSPS) is 16.9. The summed E-state index contributed by atoms with van der Waals surface area (Å²) in [6.45, 7) is 0.980. The van der Waals surface area contributed by atoms with Gasteiger partial charge in [0, 0.05) is 31.4 Å². The second-order valence-electron chi connectivity index (χ2n) is 5.06. The SMILES string of the molecule is CN1C[C@@H](c2ncn[nH]2)c2cc(C(=O)NCCO)ccc21. The number of carbonyl (C=O) groups is 1. The van der Waals surface area contributed by atoms with E-state index in [1.54, 1.807) is 6.07 Å². The Labute approximate surface area is 122 Å². The van der Waals surface area contributed by atoms with Gasteiger partial charge in [-0.3, -0.25) is 9.89 Å². The monoisotopic (exact) mass is 287 g/mol. The Kier molecular flexibility index (Phi) is 3.57. The highest BCUT2D eigenvalue weighted by atomic mass is 16.3. The third-order valence-electron chi connectivity index (χ3n) is 3.69. The Bertz CT molecular complexity index is 641. The Hall–Kier alpha value is -2.41. The van der Waals surface area contributed by atoms with Gasteiger partial charge in [0.2, 0.25) is 0 Å². The first-order valence-corrected chi connectivity index (χ1v) is 6.80. The average molecular weight is 287 g/mol. The van der Waals surface area contributed by atoms with Crippen molar-refractivity contribution in [3.05, 3.63) is 41.5 Å². The van der Waals surface area contributed by atoms with Gasteiger partial charge < -0.3 is 15.3 Å². The van der Waals surface area contributed by atoms with Gasteiger partial charge in [-0.2, -0.15) is 5.10 Å². The van der Waals surface area contributed by atoms with Crippen LogP contribution in [0.15, 0.2) is 24.5 Å². The van der Waals surface area contributed by atoms with Crippen LogP contribution in [0.2, 0.25) is 0 Å². The van der Waals surface area contributed by atoms with Crippen LogP contribution in [0, 0.1) is 0 Å². The van der Waals surface area contributed by atoms with Gasteiger partial charge in [-0.05, 0) is 23.8 Å². The molecule has 3 N–H and O–H groups in total. The van der Waals surface area contributed by atoms with E-state index < -0.39 is 0 Å². The molecule has 0 bridgehead atoms. The molecule has 2 heterocycles. The van der Waals surface area contributed by atoms with E-state index in [4.69, 9.17) is 5.11 Å². The third kappa shape index (κ3) is 2.47. The van der Waals surface area contributed by atoms with Crippen LogP contribution in [0.25, 0.3) is 0 Å². The third-order valence-corrected chi connectivity index (χ3v) is 3.69. The zero-order valence-corrected chi connectivity index (χ0v) is 11.7. The minimum Gasteiger partial charge on any atom is -0.395 e. The number of likely N-dealkylation sites (N-methyl/N-ethyl adjacent to an activating group) is 1. The van der Waals surface area contributed by atoms with Crippen molar-refractivity contribution in [2.75, 3.05) is 31.6 Å². The van der Waals surface area contributed by atoms with Crippen molar-refractivity contribution in [2.45, 2.75) is 5.92 Å². The van der Waals surface area contributed by atoms with Crippen LogP contribution in [0.1, 0.15) is 27.7 Å². The molecule has 1 aliphatic heterocycles. The number of fused-ring (bicyclic) bond motifs is 1. The molecule has 0 spiro atoms. The maximum Gasteiger partial charge on any atom is 0.251 e. The van der Waals surface area contributed by atoms with E-state index in [1.807, 2.05) is 19.2 Å². The number of hydrogen-bond acceptors (Lipinski definition) is 5. The molecule has 7 heteroatoms. The molecule has 0 saturated carbocycles. The number of nitrogens with one attached hydrogen (secondary N) is 2. The van der Waals surface area contributed by atoms with Gasteiger partial charge in [0.25, 0.3) is 5.91 Å². The number of anilines is 1. The molecular formula is C14H17N5O2. The lowest BCUT2D eigenvalue weighted by atomic mass is 9.98. The van der Waals surface area contributed by atoms with Gasteiger partial charge in [0.15, 0.2) is 0 Å². The molecule has 1 aromatic carbocycles. The van der Waals surface area contributed by atoms with Crippen LogP contribution in [0.4, 0.5) is 5.69 Å². The van der Waals surface area contributed by atoms with Crippen LogP contribution in [-0.2, 0) is 0 Å². The first kappa shape index (κ1) is 13.6. The summed E-state index contributed by atoms with van der Waals surface area (Å²) in [5, 5.41) is 18.2. The number of carbonyl (C=O) groups excluding carboxylic acids is 1. The molecule has 1 amide bonds. The number of amides is 1. The van der Waals surface area contributed by atoms with Crippen molar-refractivity contribution in [2.24, 2.45) is 0 Å². The molecule has 1 aliphatic rings.